The van der Waals surface area contributed by atoms with Gasteiger partial charge in [-0.25, -0.2) is 0 Å². The van der Waals surface area contributed by atoms with Crippen molar-refractivity contribution in [2.75, 3.05) is 12.3 Å². The highest BCUT2D eigenvalue weighted by atomic mass is 16.5. The van der Waals surface area contributed by atoms with E-state index in [2.05, 4.69) is 11.2 Å². The van der Waals surface area contributed by atoms with Crippen LogP contribution in [0, 0.1) is 12.3 Å². The standard InChI is InChI=1S/C12H14N2O2/c1-3-8-14-12(15)9(2)16-11-6-4-10(13)5-7-11/h1,4-7,9H,8,13H2,2H3,(H,14,15). The second-order valence-corrected chi connectivity index (χ2v) is 3.25. The Balaban J connectivity index is 2.51. The van der Waals surface area contributed by atoms with Gasteiger partial charge in [0.2, 0.25) is 0 Å². The van der Waals surface area contributed by atoms with E-state index >= 15 is 0 Å². The molecule has 0 saturated carbocycles. The summed E-state index contributed by atoms with van der Waals surface area (Å²) in [5, 5.41) is 2.54. The van der Waals surface area contributed by atoms with Crippen molar-refractivity contribution in [1.29, 1.82) is 0 Å². The highest BCUT2D eigenvalue weighted by Crippen LogP contribution is 2.14. The molecular weight excluding hydrogens is 204 g/mol. The number of nitrogens with two attached hydrogens (primary N) is 1. The first-order valence-electron chi connectivity index (χ1n) is 4.87. The van der Waals surface area contributed by atoms with Gasteiger partial charge >= 0.3 is 0 Å². The van der Waals surface area contributed by atoms with Crippen LogP contribution in [-0.2, 0) is 4.79 Å². The lowest BCUT2D eigenvalue weighted by Crippen LogP contribution is -2.36. The third-order valence-corrected chi connectivity index (χ3v) is 1.93. The lowest BCUT2D eigenvalue weighted by molar-refractivity contribution is -0.126. The summed E-state index contributed by atoms with van der Waals surface area (Å²) in [5.41, 5.74) is 6.18. The van der Waals surface area contributed by atoms with Crippen LogP contribution in [0.3, 0.4) is 0 Å². The number of amides is 1. The fourth-order valence-electron chi connectivity index (χ4n) is 1.09. The van der Waals surface area contributed by atoms with E-state index in [1.54, 1.807) is 31.2 Å². The number of anilines is 1. The molecule has 1 rings (SSSR count). The van der Waals surface area contributed by atoms with E-state index in [4.69, 9.17) is 16.9 Å². The van der Waals surface area contributed by atoms with Crippen LogP contribution in [-0.4, -0.2) is 18.6 Å². The van der Waals surface area contributed by atoms with Gasteiger partial charge in [0.1, 0.15) is 5.75 Å². The number of carbonyl (C=O) groups is 1. The van der Waals surface area contributed by atoms with E-state index in [1.807, 2.05) is 0 Å². The fraction of sp³-hybridized carbons (Fsp3) is 0.250. The molecule has 0 aromatic heterocycles. The van der Waals surface area contributed by atoms with Gasteiger partial charge in [0, 0.05) is 5.69 Å². The Labute approximate surface area is 94.8 Å². The van der Waals surface area contributed by atoms with Crippen molar-refractivity contribution in [1.82, 2.24) is 5.32 Å². The fourth-order valence-corrected chi connectivity index (χ4v) is 1.09. The summed E-state index contributed by atoms with van der Waals surface area (Å²) in [6.45, 7) is 1.86. The topological polar surface area (TPSA) is 64.3 Å². The van der Waals surface area contributed by atoms with Crippen LogP contribution in [0.5, 0.6) is 5.75 Å². The molecule has 0 spiro atoms. The van der Waals surface area contributed by atoms with Crippen molar-refractivity contribution in [3.05, 3.63) is 24.3 Å². The van der Waals surface area contributed by atoms with Gasteiger partial charge in [-0.05, 0) is 31.2 Å². The zero-order chi connectivity index (χ0) is 12.0. The van der Waals surface area contributed by atoms with Crippen LogP contribution in [0.4, 0.5) is 5.69 Å². The molecule has 16 heavy (non-hydrogen) atoms. The van der Waals surface area contributed by atoms with Crippen molar-refractivity contribution in [3.63, 3.8) is 0 Å². The maximum absolute atomic E-state index is 11.4. The van der Waals surface area contributed by atoms with Crippen molar-refractivity contribution >= 4 is 11.6 Å². The number of hydrogen-bond donors (Lipinski definition) is 2. The maximum Gasteiger partial charge on any atom is 0.261 e. The van der Waals surface area contributed by atoms with Gasteiger partial charge in [0.05, 0.1) is 6.54 Å². The first kappa shape index (κ1) is 11.9. The van der Waals surface area contributed by atoms with E-state index in [-0.39, 0.29) is 12.5 Å². The molecule has 1 aromatic rings. The number of rotatable bonds is 4. The van der Waals surface area contributed by atoms with Crippen molar-refractivity contribution < 1.29 is 9.53 Å². The normalized spacial score (nSPS) is 11.2. The van der Waals surface area contributed by atoms with Crippen LogP contribution in [0.25, 0.3) is 0 Å². The minimum Gasteiger partial charge on any atom is -0.481 e. The highest BCUT2D eigenvalue weighted by Gasteiger charge is 2.13. The molecule has 0 radical (unpaired) electrons. The highest BCUT2D eigenvalue weighted by molar-refractivity contribution is 5.80. The molecule has 0 heterocycles. The minimum atomic E-state index is -0.586. The van der Waals surface area contributed by atoms with Gasteiger partial charge < -0.3 is 15.8 Å². The van der Waals surface area contributed by atoms with E-state index in [0.717, 1.165) is 0 Å². The quantitative estimate of drug-likeness (QED) is 0.580. The van der Waals surface area contributed by atoms with Crippen LogP contribution >= 0.6 is 0 Å². The molecule has 0 aliphatic carbocycles. The Hall–Kier alpha value is -2.15. The predicted molar refractivity (Wildman–Crippen MR) is 62.8 cm³/mol. The molecule has 1 atom stereocenters. The third kappa shape index (κ3) is 3.54. The van der Waals surface area contributed by atoms with Crippen LogP contribution in [0.2, 0.25) is 0 Å². The average molecular weight is 218 g/mol. The Morgan fingerprint density at radius 3 is 2.75 bits per heavy atom. The Kier molecular flexibility index (Phi) is 4.22. The number of nitrogen functional groups attached to an aromatic ring is 1. The molecule has 0 aliphatic rings. The van der Waals surface area contributed by atoms with E-state index < -0.39 is 6.10 Å². The van der Waals surface area contributed by atoms with Gasteiger partial charge in [0.15, 0.2) is 6.10 Å². The lowest BCUT2D eigenvalue weighted by Gasteiger charge is -2.13. The SMILES string of the molecule is C#CCNC(=O)C(C)Oc1ccc(N)cc1. The molecule has 1 aromatic carbocycles. The summed E-state index contributed by atoms with van der Waals surface area (Å²) >= 11 is 0. The molecule has 0 aliphatic heterocycles. The molecule has 1 unspecified atom stereocenters. The van der Waals surface area contributed by atoms with E-state index in [0.29, 0.717) is 11.4 Å². The number of benzene rings is 1. The summed E-state index contributed by atoms with van der Waals surface area (Å²) in [6, 6.07) is 6.84. The monoisotopic (exact) mass is 218 g/mol. The molecule has 0 bridgehead atoms. The summed E-state index contributed by atoms with van der Waals surface area (Å²) in [4.78, 5) is 11.4. The number of hydrogen-bond acceptors (Lipinski definition) is 3. The zero-order valence-corrected chi connectivity index (χ0v) is 9.07. The molecular formula is C12H14N2O2. The predicted octanol–water partition coefficient (Wildman–Crippen LogP) is 0.785. The Morgan fingerprint density at radius 1 is 1.56 bits per heavy atom. The van der Waals surface area contributed by atoms with Crippen LogP contribution < -0.4 is 15.8 Å². The smallest absolute Gasteiger partial charge is 0.261 e. The summed E-state index contributed by atoms with van der Waals surface area (Å²) in [5.74, 6) is 2.67. The summed E-state index contributed by atoms with van der Waals surface area (Å²) in [6.07, 6.45) is 4.44. The number of carbonyl (C=O) groups excluding carboxylic acids is 1. The maximum atomic E-state index is 11.4. The molecule has 3 N–H and O–H groups in total. The lowest BCUT2D eigenvalue weighted by atomic mass is 10.3. The summed E-state index contributed by atoms with van der Waals surface area (Å²) < 4.78 is 5.39. The molecule has 84 valence electrons. The number of nitrogens with one attached hydrogen (secondary N) is 1. The van der Waals surface area contributed by atoms with Gasteiger partial charge in [-0.2, -0.15) is 0 Å². The first-order chi connectivity index (χ1) is 7.63. The molecule has 4 nitrogen and oxygen atoms in total. The van der Waals surface area contributed by atoms with Crippen LogP contribution in [0.1, 0.15) is 6.92 Å². The zero-order valence-electron chi connectivity index (χ0n) is 9.07. The van der Waals surface area contributed by atoms with Crippen molar-refractivity contribution in [3.8, 4) is 18.1 Å². The van der Waals surface area contributed by atoms with Gasteiger partial charge in [-0.3, -0.25) is 4.79 Å². The number of terminal acetylenes is 1. The molecule has 4 heteroatoms. The van der Waals surface area contributed by atoms with Gasteiger partial charge in [0.25, 0.3) is 5.91 Å². The molecule has 0 saturated heterocycles. The largest absolute Gasteiger partial charge is 0.481 e. The average Bonchev–Trinajstić information content (AvgIpc) is 2.29. The first-order valence-corrected chi connectivity index (χ1v) is 4.87. The minimum absolute atomic E-state index is 0.203. The third-order valence-electron chi connectivity index (χ3n) is 1.93. The van der Waals surface area contributed by atoms with Gasteiger partial charge in [-0.1, -0.05) is 5.92 Å². The van der Waals surface area contributed by atoms with E-state index in [9.17, 15) is 4.79 Å². The van der Waals surface area contributed by atoms with Crippen molar-refractivity contribution in [2.24, 2.45) is 0 Å². The second kappa shape index (κ2) is 5.66. The van der Waals surface area contributed by atoms with Crippen molar-refractivity contribution in [2.45, 2.75) is 13.0 Å². The van der Waals surface area contributed by atoms with Gasteiger partial charge in [-0.15, -0.1) is 6.42 Å². The van der Waals surface area contributed by atoms with Crippen LogP contribution in [0.15, 0.2) is 24.3 Å². The Bertz CT molecular complexity index is 392. The Morgan fingerprint density at radius 2 is 2.19 bits per heavy atom. The molecule has 0 fully saturated rings. The summed E-state index contributed by atoms with van der Waals surface area (Å²) in [7, 11) is 0. The second-order valence-electron chi connectivity index (χ2n) is 3.25. The van der Waals surface area contributed by atoms with E-state index in [1.165, 1.54) is 0 Å². The number of ether oxygens (including phenoxy) is 1. The molecule has 1 amide bonds.